The van der Waals surface area contributed by atoms with Crippen LogP contribution in [-0.4, -0.2) is 21.6 Å². The van der Waals surface area contributed by atoms with E-state index in [0.29, 0.717) is 23.4 Å². The van der Waals surface area contributed by atoms with Gasteiger partial charge in [-0.3, -0.25) is 18.7 Å². The van der Waals surface area contributed by atoms with Crippen molar-refractivity contribution >= 4 is 16.8 Å². The molecule has 0 unspecified atom stereocenters. The summed E-state index contributed by atoms with van der Waals surface area (Å²) in [5, 5.41) is 3.32. The lowest BCUT2D eigenvalue weighted by Gasteiger charge is -2.20. The molecule has 6 heteroatoms. The van der Waals surface area contributed by atoms with Gasteiger partial charge in [0, 0.05) is 6.54 Å². The molecule has 6 nitrogen and oxygen atoms in total. The van der Waals surface area contributed by atoms with Crippen LogP contribution in [0.2, 0.25) is 0 Å². The van der Waals surface area contributed by atoms with Crippen LogP contribution >= 0.6 is 0 Å². The van der Waals surface area contributed by atoms with E-state index in [1.54, 1.807) is 19.1 Å². The van der Waals surface area contributed by atoms with Crippen molar-refractivity contribution in [1.82, 2.24) is 14.5 Å². The summed E-state index contributed by atoms with van der Waals surface area (Å²) in [5.74, 6) is 0.0573. The first kappa shape index (κ1) is 20.6. The minimum atomic E-state index is -0.742. The van der Waals surface area contributed by atoms with Gasteiger partial charge in [0.2, 0.25) is 5.91 Å². The molecule has 3 rings (SSSR count). The number of fused-ring (bicyclic) bond motifs is 1. The number of amides is 1. The topological polar surface area (TPSA) is 73.1 Å². The van der Waals surface area contributed by atoms with Crippen LogP contribution in [0.5, 0.6) is 0 Å². The van der Waals surface area contributed by atoms with E-state index in [2.05, 4.69) is 5.32 Å². The molecule has 3 aromatic rings. The molecule has 0 aliphatic rings. The van der Waals surface area contributed by atoms with Crippen LogP contribution in [0.1, 0.15) is 37.9 Å². The van der Waals surface area contributed by atoms with E-state index < -0.39 is 11.7 Å². The Morgan fingerprint density at radius 2 is 1.72 bits per heavy atom. The molecule has 0 fully saturated rings. The van der Waals surface area contributed by atoms with Gasteiger partial charge in [-0.2, -0.15) is 0 Å². The SMILES string of the molecule is Cc1ccc2c(c1)c(=O)n(Cc1ccccc1)c(=O)n2[C@@H](C)C(=O)NCC(C)C. The van der Waals surface area contributed by atoms with Crippen molar-refractivity contribution in [2.45, 2.75) is 40.3 Å². The van der Waals surface area contributed by atoms with Crippen LogP contribution in [-0.2, 0) is 11.3 Å². The lowest BCUT2D eigenvalue weighted by atomic mass is 10.1. The van der Waals surface area contributed by atoms with Gasteiger partial charge >= 0.3 is 5.69 Å². The summed E-state index contributed by atoms with van der Waals surface area (Å²) < 4.78 is 2.64. The summed E-state index contributed by atoms with van der Waals surface area (Å²) >= 11 is 0. The summed E-state index contributed by atoms with van der Waals surface area (Å²) in [6.07, 6.45) is 0. The monoisotopic (exact) mass is 393 g/mol. The average Bonchev–Trinajstić information content (AvgIpc) is 2.70. The van der Waals surface area contributed by atoms with Crippen molar-refractivity contribution in [3.05, 3.63) is 80.5 Å². The molecule has 2 aromatic carbocycles. The van der Waals surface area contributed by atoms with Crippen molar-refractivity contribution in [2.75, 3.05) is 6.54 Å². The summed E-state index contributed by atoms with van der Waals surface area (Å²) in [4.78, 5) is 39.1. The Balaban J connectivity index is 2.19. The largest absolute Gasteiger partial charge is 0.354 e. The molecule has 0 saturated carbocycles. The third-order valence-corrected chi connectivity index (χ3v) is 4.96. The first-order valence-electron chi connectivity index (χ1n) is 9.87. The predicted molar refractivity (Wildman–Crippen MR) is 115 cm³/mol. The standard InChI is InChI=1S/C23H27N3O3/c1-15(2)13-24-21(27)17(4)26-20-11-10-16(3)12-19(20)22(28)25(23(26)29)14-18-8-6-5-7-9-18/h5-12,15,17H,13-14H2,1-4H3,(H,24,27)/t17-/m0/s1. The van der Waals surface area contributed by atoms with Gasteiger partial charge in [-0.1, -0.05) is 55.8 Å². The van der Waals surface area contributed by atoms with Gasteiger partial charge in [0.25, 0.3) is 5.56 Å². The van der Waals surface area contributed by atoms with Crippen LogP contribution in [0.15, 0.2) is 58.1 Å². The summed E-state index contributed by atoms with van der Waals surface area (Å²) in [7, 11) is 0. The maximum absolute atomic E-state index is 13.3. The third-order valence-electron chi connectivity index (χ3n) is 4.96. The third kappa shape index (κ3) is 4.31. The highest BCUT2D eigenvalue weighted by molar-refractivity contribution is 5.84. The predicted octanol–water partition coefficient (Wildman–Crippen LogP) is 2.85. The summed E-state index contributed by atoms with van der Waals surface area (Å²) in [6, 6.07) is 14.0. The minimum Gasteiger partial charge on any atom is -0.354 e. The molecule has 1 amide bonds. The van der Waals surface area contributed by atoms with Crippen molar-refractivity contribution in [1.29, 1.82) is 0 Å². The fraction of sp³-hybridized carbons (Fsp3) is 0.348. The molecule has 1 aromatic heterocycles. The van der Waals surface area contributed by atoms with Crippen LogP contribution in [0.4, 0.5) is 0 Å². The molecule has 1 heterocycles. The Kier molecular flexibility index (Phi) is 6.01. The second-order valence-corrected chi connectivity index (χ2v) is 7.87. The second kappa shape index (κ2) is 8.47. The number of nitrogens with zero attached hydrogens (tertiary/aromatic N) is 2. The van der Waals surface area contributed by atoms with Crippen molar-refractivity contribution < 1.29 is 4.79 Å². The van der Waals surface area contributed by atoms with Gasteiger partial charge in [-0.25, -0.2) is 4.79 Å². The maximum atomic E-state index is 13.3. The smallest absolute Gasteiger partial charge is 0.332 e. The van der Waals surface area contributed by atoms with E-state index in [1.807, 2.05) is 57.2 Å². The summed E-state index contributed by atoms with van der Waals surface area (Å²) in [6.45, 7) is 8.29. The number of carbonyl (C=O) groups excluding carboxylic acids is 1. The van der Waals surface area contributed by atoms with Gasteiger partial charge in [0.1, 0.15) is 6.04 Å². The zero-order chi connectivity index (χ0) is 21.1. The highest BCUT2D eigenvalue weighted by Crippen LogP contribution is 2.16. The molecule has 0 radical (unpaired) electrons. The van der Waals surface area contributed by atoms with E-state index in [1.165, 1.54) is 9.13 Å². The fourth-order valence-electron chi connectivity index (χ4n) is 3.35. The molecule has 1 N–H and O–H groups in total. The van der Waals surface area contributed by atoms with Crippen LogP contribution in [0, 0.1) is 12.8 Å². The molecule has 0 spiro atoms. The van der Waals surface area contributed by atoms with Crippen molar-refractivity contribution in [2.24, 2.45) is 5.92 Å². The number of hydrogen-bond acceptors (Lipinski definition) is 3. The quantitative estimate of drug-likeness (QED) is 0.700. The van der Waals surface area contributed by atoms with E-state index in [-0.39, 0.29) is 18.0 Å². The molecule has 1 atom stereocenters. The lowest BCUT2D eigenvalue weighted by molar-refractivity contribution is -0.124. The molecule has 0 aliphatic carbocycles. The molecule has 29 heavy (non-hydrogen) atoms. The molecule has 152 valence electrons. The number of aryl methyl sites for hydroxylation is 1. The number of nitrogens with one attached hydrogen (secondary N) is 1. The van der Waals surface area contributed by atoms with Crippen LogP contribution < -0.4 is 16.6 Å². The summed E-state index contributed by atoms with van der Waals surface area (Å²) in [5.41, 5.74) is 1.42. The maximum Gasteiger partial charge on any atom is 0.332 e. The number of aromatic nitrogens is 2. The van der Waals surface area contributed by atoms with Gasteiger partial charge in [-0.05, 0) is 37.5 Å². The van der Waals surface area contributed by atoms with Gasteiger partial charge in [-0.15, -0.1) is 0 Å². The zero-order valence-electron chi connectivity index (χ0n) is 17.3. The molecular weight excluding hydrogens is 366 g/mol. The number of rotatable bonds is 6. The van der Waals surface area contributed by atoms with E-state index in [9.17, 15) is 14.4 Å². The van der Waals surface area contributed by atoms with E-state index in [4.69, 9.17) is 0 Å². The first-order valence-corrected chi connectivity index (χ1v) is 9.87. The van der Waals surface area contributed by atoms with Crippen molar-refractivity contribution in [3.63, 3.8) is 0 Å². The zero-order valence-corrected chi connectivity index (χ0v) is 17.3. The molecule has 0 aliphatic heterocycles. The van der Waals surface area contributed by atoms with Crippen molar-refractivity contribution in [3.8, 4) is 0 Å². The van der Waals surface area contributed by atoms with Crippen LogP contribution in [0.3, 0.4) is 0 Å². The Morgan fingerprint density at radius 3 is 2.38 bits per heavy atom. The Labute approximate surface area is 169 Å². The Morgan fingerprint density at radius 1 is 1.03 bits per heavy atom. The molecular formula is C23H27N3O3. The molecule has 0 bridgehead atoms. The first-order chi connectivity index (χ1) is 13.8. The Hall–Kier alpha value is -3.15. The highest BCUT2D eigenvalue weighted by Gasteiger charge is 2.22. The Bertz CT molecular complexity index is 1140. The second-order valence-electron chi connectivity index (χ2n) is 7.87. The molecule has 0 saturated heterocycles. The van der Waals surface area contributed by atoms with E-state index in [0.717, 1.165) is 11.1 Å². The number of hydrogen-bond donors (Lipinski definition) is 1. The normalized spacial score (nSPS) is 12.3. The van der Waals surface area contributed by atoms with Gasteiger partial charge in [0.15, 0.2) is 0 Å². The average molecular weight is 393 g/mol. The van der Waals surface area contributed by atoms with Crippen LogP contribution in [0.25, 0.3) is 10.9 Å². The fourth-order valence-corrected chi connectivity index (χ4v) is 3.35. The van der Waals surface area contributed by atoms with E-state index >= 15 is 0 Å². The minimum absolute atomic E-state index is 0.155. The number of benzene rings is 2. The lowest BCUT2D eigenvalue weighted by Crippen LogP contribution is -2.45. The van der Waals surface area contributed by atoms with Gasteiger partial charge < -0.3 is 5.32 Å². The van der Waals surface area contributed by atoms with Gasteiger partial charge in [0.05, 0.1) is 17.4 Å². The highest BCUT2D eigenvalue weighted by atomic mass is 16.2. The number of carbonyl (C=O) groups is 1.